The van der Waals surface area contributed by atoms with Gasteiger partial charge in [-0.05, 0) is 18.8 Å². The van der Waals surface area contributed by atoms with Crippen molar-refractivity contribution in [2.45, 2.75) is 25.0 Å². The zero-order valence-corrected chi connectivity index (χ0v) is 15.5. The summed E-state index contributed by atoms with van der Waals surface area (Å²) in [5.41, 5.74) is 5.73. The second kappa shape index (κ2) is 6.03. The van der Waals surface area contributed by atoms with Gasteiger partial charge in [0, 0.05) is 11.5 Å². The number of imidazole rings is 1. The van der Waals surface area contributed by atoms with E-state index in [2.05, 4.69) is 19.5 Å². The first-order valence-electron chi connectivity index (χ1n) is 7.87. The second-order valence-corrected chi connectivity index (χ2v) is 9.21. The van der Waals surface area contributed by atoms with E-state index >= 15 is 0 Å². The average molecular weight is 421 g/mol. The fraction of sp³-hybridized carbons (Fsp3) is 0.583. The smallest absolute Gasteiger partial charge is 0.382 e. The van der Waals surface area contributed by atoms with Crippen LogP contribution in [0.3, 0.4) is 0 Å². The molecule has 0 aromatic carbocycles. The number of rotatable bonds is 6. The van der Waals surface area contributed by atoms with Gasteiger partial charge in [-0.2, -0.15) is 0 Å². The van der Waals surface area contributed by atoms with E-state index in [9.17, 15) is 18.9 Å². The third kappa shape index (κ3) is 3.41. The van der Waals surface area contributed by atoms with Crippen LogP contribution >= 0.6 is 15.6 Å². The normalized spacial score (nSPS) is 30.6. The van der Waals surface area contributed by atoms with Crippen LogP contribution in [-0.2, 0) is 18.2 Å². The molecule has 148 valence electrons. The lowest BCUT2D eigenvalue weighted by molar-refractivity contribution is 0.0499. The second-order valence-electron chi connectivity index (χ2n) is 6.78. The highest BCUT2D eigenvalue weighted by atomic mass is 31.2. The van der Waals surface area contributed by atoms with E-state index in [-0.39, 0.29) is 30.8 Å². The summed E-state index contributed by atoms with van der Waals surface area (Å²) < 4.78 is 33.7. The number of aromatic nitrogens is 4. The predicted molar refractivity (Wildman–Crippen MR) is 88.8 cm³/mol. The van der Waals surface area contributed by atoms with E-state index in [1.807, 2.05) is 0 Å². The monoisotopic (exact) mass is 421 g/mol. The van der Waals surface area contributed by atoms with Crippen molar-refractivity contribution in [3.8, 4) is 0 Å². The lowest BCUT2D eigenvalue weighted by Gasteiger charge is -2.24. The average Bonchev–Trinajstić information content (AvgIpc) is 2.98. The molecule has 13 nitrogen and oxygen atoms in total. The van der Waals surface area contributed by atoms with Crippen molar-refractivity contribution >= 4 is 32.6 Å². The Balaban J connectivity index is 1.67. The Morgan fingerprint density at radius 2 is 1.96 bits per heavy atom. The molecule has 4 atom stereocenters. The molecule has 0 bridgehead atoms. The highest BCUT2D eigenvalue weighted by molar-refractivity contribution is 7.46. The van der Waals surface area contributed by atoms with Crippen molar-refractivity contribution in [3.05, 3.63) is 12.7 Å². The van der Waals surface area contributed by atoms with Gasteiger partial charge in [-0.15, -0.1) is 0 Å². The number of fused-ring (bicyclic) bond motifs is 2. The SMILES string of the molecule is Nc1ncnc2c1ncn2[C@H]1C[C@H](OP(=O)(O)O)[C@@]2(COP(=O)(O)O)C[C@H]12. The summed E-state index contributed by atoms with van der Waals surface area (Å²) in [6.45, 7) is -0.382. The van der Waals surface area contributed by atoms with E-state index in [4.69, 9.17) is 20.0 Å². The Hall–Kier alpha value is -1.43. The number of hydrogen-bond acceptors (Lipinski definition) is 8. The van der Waals surface area contributed by atoms with Gasteiger partial charge in [0.25, 0.3) is 0 Å². The Kier molecular flexibility index (Phi) is 4.22. The van der Waals surface area contributed by atoms with E-state index < -0.39 is 27.2 Å². The van der Waals surface area contributed by atoms with Crippen LogP contribution in [0.1, 0.15) is 18.9 Å². The summed E-state index contributed by atoms with van der Waals surface area (Å²) in [6.07, 6.45) is 2.45. The summed E-state index contributed by atoms with van der Waals surface area (Å²) in [4.78, 5) is 48.7. The Bertz CT molecular complexity index is 987. The molecule has 6 N–H and O–H groups in total. The number of anilines is 1. The Morgan fingerprint density at radius 3 is 2.63 bits per heavy atom. The minimum absolute atomic E-state index is 0.186. The van der Waals surface area contributed by atoms with Crippen molar-refractivity contribution in [1.82, 2.24) is 19.5 Å². The van der Waals surface area contributed by atoms with Crippen molar-refractivity contribution in [2.24, 2.45) is 11.3 Å². The van der Waals surface area contributed by atoms with Gasteiger partial charge in [0.1, 0.15) is 11.8 Å². The molecular weight excluding hydrogens is 404 g/mol. The summed E-state index contributed by atoms with van der Waals surface area (Å²) in [7, 11) is -9.56. The van der Waals surface area contributed by atoms with Crippen molar-refractivity contribution in [1.29, 1.82) is 0 Å². The van der Waals surface area contributed by atoms with Crippen molar-refractivity contribution in [3.63, 3.8) is 0 Å². The summed E-state index contributed by atoms with van der Waals surface area (Å²) >= 11 is 0. The lowest BCUT2D eigenvalue weighted by Crippen LogP contribution is -2.26. The number of phosphoric acid groups is 2. The molecule has 2 aromatic heterocycles. The molecule has 2 aliphatic carbocycles. The maximum absolute atomic E-state index is 11.4. The van der Waals surface area contributed by atoms with Gasteiger partial charge < -0.3 is 29.9 Å². The number of nitrogens with zero attached hydrogens (tertiary/aromatic N) is 4. The molecule has 27 heavy (non-hydrogen) atoms. The lowest BCUT2D eigenvalue weighted by atomic mass is 10.0. The maximum Gasteiger partial charge on any atom is 0.469 e. The van der Waals surface area contributed by atoms with Gasteiger partial charge in [0.05, 0.1) is 19.0 Å². The first-order chi connectivity index (χ1) is 12.5. The third-order valence-electron chi connectivity index (χ3n) is 5.25. The molecule has 2 aromatic rings. The van der Waals surface area contributed by atoms with Gasteiger partial charge >= 0.3 is 15.6 Å². The molecular formula is C12H17N5O8P2. The van der Waals surface area contributed by atoms with Gasteiger partial charge in [0.2, 0.25) is 0 Å². The van der Waals surface area contributed by atoms with Gasteiger partial charge in [-0.1, -0.05) is 0 Å². The van der Waals surface area contributed by atoms with E-state index in [0.29, 0.717) is 17.6 Å². The molecule has 0 radical (unpaired) electrons. The topological polar surface area (TPSA) is 203 Å². The summed E-state index contributed by atoms with van der Waals surface area (Å²) in [5.74, 6) is 0.0147. The summed E-state index contributed by atoms with van der Waals surface area (Å²) in [6, 6.07) is -0.304. The van der Waals surface area contributed by atoms with Crippen LogP contribution in [0.15, 0.2) is 12.7 Å². The first kappa shape index (κ1) is 18.9. The first-order valence-corrected chi connectivity index (χ1v) is 10.9. The van der Waals surface area contributed by atoms with Crippen LogP contribution in [0.2, 0.25) is 0 Å². The number of hydrogen-bond donors (Lipinski definition) is 5. The highest BCUT2D eigenvalue weighted by Gasteiger charge is 2.69. The molecule has 0 unspecified atom stereocenters. The largest absolute Gasteiger partial charge is 0.469 e. The number of nitrogen functional groups attached to an aromatic ring is 1. The molecule has 15 heteroatoms. The fourth-order valence-electron chi connectivity index (χ4n) is 4.06. The zero-order valence-electron chi connectivity index (χ0n) is 13.7. The van der Waals surface area contributed by atoms with Crippen molar-refractivity contribution in [2.75, 3.05) is 12.3 Å². The minimum atomic E-state index is -4.81. The Morgan fingerprint density at radius 1 is 1.22 bits per heavy atom. The van der Waals surface area contributed by atoms with E-state index in [0.717, 1.165) is 0 Å². The maximum atomic E-state index is 11.4. The fourth-order valence-corrected chi connectivity index (χ4v) is 5.09. The number of nitrogens with two attached hydrogens (primary N) is 1. The van der Waals surface area contributed by atoms with E-state index in [1.165, 1.54) is 12.7 Å². The van der Waals surface area contributed by atoms with Gasteiger partial charge in [0.15, 0.2) is 11.5 Å². The van der Waals surface area contributed by atoms with E-state index in [1.54, 1.807) is 4.57 Å². The number of phosphoric ester groups is 2. The van der Waals surface area contributed by atoms with Crippen LogP contribution < -0.4 is 5.73 Å². The molecule has 0 amide bonds. The van der Waals surface area contributed by atoms with Crippen molar-refractivity contribution < 1.29 is 37.8 Å². The molecule has 0 aliphatic heterocycles. The predicted octanol–water partition coefficient (Wildman–Crippen LogP) is -0.0532. The van der Waals surface area contributed by atoms with Crippen LogP contribution in [0.5, 0.6) is 0 Å². The van der Waals surface area contributed by atoms with Crippen LogP contribution in [-0.4, -0.2) is 51.8 Å². The zero-order chi connectivity index (χ0) is 19.6. The highest BCUT2D eigenvalue weighted by Crippen LogP contribution is 2.71. The Labute approximate surface area is 152 Å². The molecule has 0 saturated heterocycles. The van der Waals surface area contributed by atoms with Crippen LogP contribution in [0.4, 0.5) is 5.82 Å². The van der Waals surface area contributed by atoms with Gasteiger partial charge in [-0.3, -0.25) is 9.05 Å². The third-order valence-corrected chi connectivity index (χ3v) is 6.24. The molecule has 4 rings (SSSR count). The standard InChI is InChI=1S/C12H17N5O8P2/c13-10-9-11(15-4-14-10)17(5-16-9)7-1-8(25-27(21,22)23)12(2-6(7)12)3-24-26(18,19)20/h4-8H,1-3H2,(H2,13,14,15)(H2,18,19,20)(H2,21,22,23)/t6-,7+,8+,12-/m1/s1. The molecule has 2 heterocycles. The molecule has 2 fully saturated rings. The van der Waals surface area contributed by atoms with Crippen LogP contribution in [0.25, 0.3) is 11.2 Å². The van der Waals surface area contributed by atoms with Gasteiger partial charge in [-0.25, -0.2) is 24.1 Å². The molecule has 2 aliphatic rings. The van der Waals surface area contributed by atoms with Crippen LogP contribution in [0, 0.1) is 11.3 Å². The molecule has 0 spiro atoms. The minimum Gasteiger partial charge on any atom is -0.382 e. The molecule has 2 saturated carbocycles. The summed E-state index contributed by atoms with van der Waals surface area (Å²) in [5, 5.41) is 0. The quantitative estimate of drug-likeness (QED) is 0.390.